The van der Waals surface area contributed by atoms with Crippen molar-refractivity contribution >= 4 is 34.6 Å². The van der Waals surface area contributed by atoms with Crippen LogP contribution in [-0.4, -0.2) is 28.3 Å². The maximum atomic E-state index is 12.3. The van der Waals surface area contributed by atoms with E-state index in [9.17, 15) is 14.7 Å². The second-order valence-corrected chi connectivity index (χ2v) is 7.95. The number of phenols is 1. The number of carbonyl (C=O) groups is 2. The SMILES string of the molecule is COc1ccc(/C=C/C(=O)CC(=O)/C=C/c2ccc3ccn(Cc4ccccc4)c3c2)cc1O. The van der Waals surface area contributed by atoms with E-state index in [1.807, 2.05) is 36.4 Å². The molecule has 0 saturated heterocycles. The van der Waals surface area contributed by atoms with Crippen molar-refractivity contribution in [3.63, 3.8) is 0 Å². The third-order valence-electron chi connectivity index (χ3n) is 5.47. The van der Waals surface area contributed by atoms with Gasteiger partial charge in [-0.2, -0.15) is 0 Å². The number of methoxy groups -OCH3 is 1. The van der Waals surface area contributed by atoms with Crippen LogP contribution in [0.25, 0.3) is 23.1 Å². The van der Waals surface area contributed by atoms with E-state index in [4.69, 9.17) is 4.74 Å². The molecule has 0 spiro atoms. The van der Waals surface area contributed by atoms with Gasteiger partial charge in [0.1, 0.15) is 0 Å². The third-order valence-corrected chi connectivity index (χ3v) is 5.47. The minimum atomic E-state index is -0.308. The molecule has 0 bridgehead atoms. The first-order valence-corrected chi connectivity index (χ1v) is 10.9. The Morgan fingerprint density at radius 1 is 0.882 bits per heavy atom. The Morgan fingerprint density at radius 3 is 2.24 bits per heavy atom. The molecule has 5 heteroatoms. The molecular formula is C29H25NO4. The summed E-state index contributed by atoms with van der Waals surface area (Å²) in [5, 5.41) is 10.9. The molecule has 0 aliphatic heterocycles. The lowest BCUT2D eigenvalue weighted by atomic mass is 10.1. The van der Waals surface area contributed by atoms with Crippen LogP contribution in [0.1, 0.15) is 23.1 Å². The molecule has 5 nitrogen and oxygen atoms in total. The first-order chi connectivity index (χ1) is 16.5. The smallest absolute Gasteiger partial charge is 0.163 e. The van der Waals surface area contributed by atoms with Crippen LogP contribution in [0.5, 0.6) is 11.5 Å². The van der Waals surface area contributed by atoms with Crippen LogP contribution in [0.4, 0.5) is 0 Å². The minimum Gasteiger partial charge on any atom is -0.504 e. The lowest BCUT2D eigenvalue weighted by Gasteiger charge is -2.06. The molecule has 0 amide bonds. The van der Waals surface area contributed by atoms with E-state index >= 15 is 0 Å². The number of rotatable bonds is 9. The van der Waals surface area contributed by atoms with Gasteiger partial charge in [0.15, 0.2) is 23.1 Å². The van der Waals surface area contributed by atoms with Gasteiger partial charge in [-0.25, -0.2) is 0 Å². The number of ketones is 2. The van der Waals surface area contributed by atoms with Crippen molar-refractivity contribution in [2.45, 2.75) is 13.0 Å². The van der Waals surface area contributed by atoms with Gasteiger partial charge in [0.05, 0.1) is 13.5 Å². The summed E-state index contributed by atoms with van der Waals surface area (Å²) < 4.78 is 7.17. The normalized spacial score (nSPS) is 11.4. The number of allylic oxidation sites excluding steroid dienone is 2. The van der Waals surface area contributed by atoms with Gasteiger partial charge in [0, 0.05) is 18.3 Å². The standard InChI is InChI=1S/C29H25NO4/c1-34-29-14-10-22(18-28(29)33)9-13-26(32)19-25(31)12-8-21-7-11-24-15-16-30(27(24)17-21)20-23-5-3-2-4-6-23/h2-18,33H,19-20H2,1H3/b12-8+,13-9+. The van der Waals surface area contributed by atoms with Crippen molar-refractivity contribution in [1.82, 2.24) is 4.57 Å². The van der Waals surface area contributed by atoms with E-state index in [1.54, 1.807) is 24.3 Å². The van der Waals surface area contributed by atoms with Gasteiger partial charge in [-0.3, -0.25) is 9.59 Å². The van der Waals surface area contributed by atoms with Gasteiger partial charge < -0.3 is 14.4 Å². The zero-order valence-electron chi connectivity index (χ0n) is 18.8. The van der Waals surface area contributed by atoms with Crippen molar-refractivity contribution in [2.24, 2.45) is 0 Å². The van der Waals surface area contributed by atoms with Gasteiger partial charge in [-0.1, -0.05) is 60.7 Å². The van der Waals surface area contributed by atoms with E-state index in [-0.39, 0.29) is 23.7 Å². The lowest BCUT2D eigenvalue weighted by Crippen LogP contribution is -2.02. The second-order valence-electron chi connectivity index (χ2n) is 7.95. The monoisotopic (exact) mass is 451 g/mol. The van der Waals surface area contributed by atoms with Gasteiger partial charge in [0.2, 0.25) is 0 Å². The fourth-order valence-corrected chi connectivity index (χ4v) is 3.70. The predicted octanol–water partition coefficient (Wildman–Crippen LogP) is 5.66. The number of aromatic hydroxyl groups is 1. The van der Waals surface area contributed by atoms with Crippen molar-refractivity contribution in [1.29, 1.82) is 0 Å². The molecule has 1 N–H and O–H groups in total. The van der Waals surface area contributed by atoms with E-state index in [1.165, 1.54) is 30.9 Å². The summed E-state index contributed by atoms with van der Waals surface area (Å²) in [5.41, 5.74) is 3.83. The molecule has 4 aromatic rings. The maximum Gasteiger partial charge on any atom is 0.163 e. The first kappa shape index (κ1) is 22.8. The molecule has 170 valence electrons. The van der Waals surface area contributed by atoms with Crippen molar-refractivity contribution in [3.05, 3.63) is 108 Å². The molecule has 0 saturated carbocycles. The van der Waals surface area contributed by atoms with Gasteiger partial charge in [0.25, 0.3) is 0 Å². The number of phenolic OH excluding ortho intramolecular Hbond substituents is 1. The number of aromatic nitrogens is 1. The Kier molecular flexibility index (Phi) is 7.04. The van der Waals surface area contributed by atoms with Crippen LogP contribution in [0, 0.1) is 0 Å². The topological polar surface area (TPSA) is 68.5 Å². The molecule has 0 aliphatic rings. The Hall–Kier alpha value is -4.38. The summed E-state index contributed by atoms with van der Waals surface area (Å²) in [6.07, 6.45) is 7.92. The Morgan fingerprint density at radius 2 is 1.56 bits per heavy atom. The highest BCUT2D eigenvalue weighted by atomic mass is 16.5. The van der Waals surface area contributed by atoms with Crippen LogP contribution in [0.15, 0.2) is 91.1 Å². The number of benzene rings is 3. The summed E-state index contributed by atoms with van der Waals surface area (Å²) in [5.74, 6) is -0.235. The number of nitrogens with zero attached hydrogens (tertiary/aromatic N) is 1. The largest absolute Gasteiger partial charge is 0.504 e. The summed E-state index contributed by atoms with van der Waals surface area (Å²) >= 11 is 0. The molecule has 0 radical (unpaired) electrons. The van der Waals surface area contributed by atoms with Crippen LogP contribution in [-0.2, 0) is 16.1 Å². The Labute approximate surface area is 198 Å². The van der Waals surface area contributed by atoms with E-state index in [2.05, 4.69) is 29.0 Å². The zero-order valence-corrected chi connectivity index (χ0v) is 18.8. The average Bonchev–Trinajstić information content (AvgIpc) is 3.24. The number of fused-ring (bicyclic) bond motifs is 1. The molecule has 1 heterocycles. The van der Waals surface area contributed by atoms with E-state index in [0.717, 1.165) is 23.0 Å². The maximum absolute atomic E-state index is 12.3. The van der Waals surface area contributed by atoms with Crippen LogP contribution < -0.4 is 4.74 Å². The summed E-state index contributed by atoms with van der Waals surface area (Å²) in [4.78, 5) is 24.5. The molecule has 0 unspecified atom stereocenters. The molecule has 0 fully saturated rings. The molecule has 4 rings (SSSR count). The predicted molar refractivity (Wildman–Crippen MR) is 135 cm³/mol. The fourth-order valence-electron chi connectivity index (χ4n) is 3.70. The summed E-state index contributed by atoms with van der Waals surface area (Å²) in [6, 6.07) is 23.2. The molecule has 0 aliphatic carbocycles. The molecule has 0 atom stereocenters. The fraction of sp³-hybridized carbons (Fsp3) is 0.103. The number of hydrogen-bond donors (Lipinski definition) is 1. The van der Waals surface area contributed by atoms with E-state index in [0.29, 0.717) is 11.3 Å². The molecular weight excluding hydrogens is 426 g/mol. The number of hydrogen-bond acceptors (Lipinski definition) is 4. The summed E-state index contributed by atoms with van der Waals surface area (Å²) in [6.45, 7) is 0.767. The minimum absolute atomic E-state index is 0.0111. The number of ether oxygens (including phenoxy) is 1. The van der Waals surface area contributed by atoms with Gasteiger partial charge in [-0.15, -0.1) is 0 Å². The van der Waals surface area contributed by atoms with Crippen molar-refractivity contribution in [3.8, 4) is 11.5 Å². The van der Waals surface area contributed by atoms with Crippen LogP contribution in [0.3, 0.4) is 0 Å². The van der Waals surface area contributed by atoms with Crippen LogP contribution >= 0.6 is 0 Å². The Balaban J connectivity index is 1.39. The lowest BCUT2D eigenvalue weighted by molar-refractivity contribution is -0.121. The number of carbonyl (C=O) groups excluding carboxylic acids is 2. The second kappa shape index (κ2) is 10.5. The highest BCUT2D eigenvalue weighted by Crippen LogP contribution is 2.26. The first-order valence-electron chi connectivity index (χ1n) is 10.9. The molecule has 1 aromatic heterocycles. The van der Waals surface area contributed by atoms with Gasteiger partial charge >= 0.3 is 0 Å². The van der Waals surface area contributed by atoms with Crippen molar-refractivity contribution in [2.75, 3.05) is 7.11 Å². The molecule has 3 aromatic carbocycles. The molecule has 34 heavy (non-hydrogen) atoms. The Bertz CT molecular complexity index is 1380. The summed E-state index contributed by atoms with van der Waals surface area (Å²) in [7, 11) is 1.47. The third kappa shape index (κ3) is 5.70. The van der Waals surface area contributed by atoms with E-state index < -0.39 is 0 Å². The zero-order chi connectivity index (χ0) is 23.9. The van der Waals surface area contributed by atoms with Crippen molar-refractivity contribution < 1.29 is 19.4 Å². The quantitative estimate of drug-likeness (QED) is 0.263. The van der Waals surface area contributed by atoms with Gasteiger partial charge in [-0.05, 0) is 58.5 Å². The average molecular weight is 452 g/mol. The van der Waals surface area contributed by atoms with Crippen LogP contribution in [0.2, 0.25) is 0 Å². The highest BCUT2D eigenvalue weighted by Gasteiger charge is 2.06. The highest BCUT2D eigenvalue weighted by molar-refractivity contribution is 6.11.